The molecule has 0 bridgehead atoms. The second-order valence-corrected chi connectivity index (χ2v) is 4.10. The van der Waals surface area contributed by atoms with Gasteiger partial charge in [0.2, 0.25) is 0 Å². The Labute approximate surface area is 104 Å². The Balaban J connectivity index is 2.78. The molecular weight excluding hydrogens is 208 g/mol. The number of aromatic nitrogens is 2. The molecule has 2 heteroatoms. The zero-order chi connectivity index (χ0) is 12.7. The van der Waals surface area contributed by atoms with E-state index in [1.807, 2.05) is 23.9 Å². The van der Waals surface area contributed by atoms with Crippen molar-refractivity contribution in [1.29, 1.82) is 0 Å². The second kappa shape index (κ2) is 6.89. The molecule has 1 aromatic heterocycles. The molecule has 0 aliphatic heterocycles. The molecular formula is C15H22N2. The fourth-order valence-electron chi connectivity index (χ4n) is 1.54. The normalized spacial score (nSPS) is 13.6. The van der Waals surface area contributed by atoms with Crippen LogP contribution in [-0.4, -0.2) is 9.78 Å². The maximum Gasteiger partial charge on any atom is 0.0622 e. The molecule has 0 aromatic carbocycles. The molecule has 0 aliphatic rings. The molecule has 17 heavy (non-hydrogen) atoms. The summed E-state index contributed by atoms with van der Waals surface area (Å²) in [6, 6.07) is 0. The Morgan fingerprint density at radius 1 is 1.41 bits per heavy atom. The van der Waals surface area contributed by atoms with Gasteiger partial charge < -0.3 is 0 Å². The van der Waals surface area contributed by atoms with Crippen molar-refractivity contribution in [2.24, 2.45) is 0 Å². The third kappa shape index (κ3) is 4.06. The highest BCUT2D eigenvalue weighted by atomic mass is 15.3. The summed E-state index contributed by atoms with van der Waals surface area (Å²) in [6.45, 7) is 9.24. The van der Waals surface area contributed by atoms with E-state index in [-0.39, 0.29) is 0 Å². The quantitative estimate of drug-likeness (QED) is 0.692. The topological polar surface area (TPSA) is 17.8 Å². The van der Waals surface area contributed by atoms with Crippen LogP contribution in [-0.2, 0) is 6.54 Å². The highest BCUT2D eigenvalue weighted by Crippen LogP contribution is 2.13. The van der Waals surface area contributed by atoms with Crippen LogP contribution in [0.1, 0.15) is 39.7 Å². The predicted molar refractivity (Wildman–Crippen MR) is 74.7 cm³/mol. The zero-order valence-electron chi connectivity index (χ0n) is 11.3. The van der Waals surface area contributed by atoms with Crippen molar-refractivity contribution in [3.05, 3.63) is 47.8 Å². The number of hydrogen-bond donors (Lipinski definition) is 0. The van der Waals surface area contributed by atoms with Crippen LogP contribution in [0.15, 0.2) is 42.3 Å². The Morgan fingerprint density at radius 3 is 2.76 bits per heavy atom. The van der Waals surface area contributed by atoms with Gasteiger partial charge in [-0.15, -0.1) is 0 Å². The van der Waals surface area contributed by atoms with E-state index in [1.165, 1.54) is 16.7 Å². The van der Waals surface area contributed by atoms with Crippen LogP contribution in [0, 0.1) is 0 Å². The number of rotatable bonds is 5. The summed E-state index contributed by atoms with van der Waals surface area (Å²) in [5.74, 6) is 0. The van der Waals surface area contributed by atoms with Gasteiger partial charge in [0.05, 0.1) is 12.7 Å². The lowest BCUT2D eigenvalue weighted by atomic mass is 10.1. The second-order valence-electron chi connectivity index (χ2n) is 4.10. The van der Waals surface area contributed by atoms with E-state index < -0.39 is 0 Å². The van der Waals surface area contributed by atoms with E-state index in [2.05, 4.69) is 50.3 Å². The first kappa shape index (κ1) is 13.5. The van der Waals surface area contributed by atoms with Gasteiger partial charge in [0.25, 0.3) is 0 Å². The molecule has 1 aromatic rings. The van der Waals surface area contributed by atoms with Crippen LogP contribution >= 0.6 is 0 Å². The summed E-state index contributed by atoms with van der Waals surface area (Å²) in [6.07, 6.45) is 13.5. The molecule has 0 N–H and O–H groups in total. The molecule has 0 saturated carbocycles. The molecule has 0 unspecified atom stereocenters. The first-order valence-electron chi connectivity index (χ1n) is 6.17. The smallest absolute Gasteiger partial charge is 0.0622 e. The minimum atomic E-state index is 0.873. The molecule has 0 saturated heterocycles. The van der Waals surface area contributed by atoms with Crippen LogP contribution in [0.25, 0.3) is 5.57 Å². The van der Waals surface area contributed by atoms with Crippen LogP contribution in [0.3, 0.4) is 0 Å². The van der Waals surface area contributed by atoms with Crippen molar-refractivity contribution < 1.29 is 0 Å². The van der Waals surface area contributed by atoms with Gasteiger partial charge in [-0.1, -0.05) is 31.2 Å². The lowest BCUT2D eigenvalue weighted by Crippen LogP contribution is -2.00. The van der Waals surface area contributed by atoms with Gasteiger partial charge in [0.15, 0.2) is 0 Å². The van der Waals surface area contributed by atoms with Gasteiger partial charge in [-0.25, -0.2) is 0 Å². The van der Waals surface area contributed by atoms with E-state index in [0.717, 1.165) is 13.0 Å². The van der Waals surface area contributed by atoms with E-state index >= 15 is 0 Å². The summed E-state index contributed by atoms with van der Waals surface area (Å²) >= 11 is 0. The Kier molecular flexibility index (Phi) is 5.47. The number of nitrogens with zero attached hydrogens (tertiary/aromatic N) is 2. The number of allylic oxidation sites excluding steroid dienone is 6. The van der Waals surface area contributed by atoms with E-state index in [9.17, 15) is 0 Å². The molecule has 1 heterocycles. The first-order valence-corrected chi connectivity index (χ1v) is 6.17. The Bertz CT molecular complexity index is 434. The third-order valence-corrected chi connectivity index (χ3v) is 2.87. The van der Waals surface area contributed by atoms with Crippen LogP contribution in [0.4, 0.5) is 0 Å². The highest BCUT2D eigenvalue weighted by Gasteiger charge is 2.01. The summed E-state index contributed by atoms with van der Waals surface area (Å²) in [5, 5.41) is 4.39. The van der Waals surface area contributed by atoms with E-state index in [4.69, 9.17) is 0 Å². The molecule has 0 radical (unpaired) electrons. The monoisotopic (exact) mass is 230 g/mol. The summed E-state index contributed by atoms with van der Waals surface area (Å²) in [4.78, 5) is 0. The van der Waals surface area contributed by atoms with Crippen molar-refractivity contribution in [3.8, 4) is 0 Å². The Morgan fingerprint density at radius 2 is 2.18 bits per heavy atom. The number of hydrogen-bond acceptors (Lipinski definition) is 1. The van der Waals surface area contributed by atoms with E-state index in [1.54, 1.807) is 0 Å². The maximum atomic E-state index is 4.39. The third-order valence-electron chi connectivity index (χ3n) is 2.87. The predicted octanol–water partition coefficient (Wildman–Crippen LogP) is 4.22. The molecule has 1 rings (SSSR count). The summed E-state index contributed by atoms with van der Waals surface area (Å²) in [7, 11) is 0. The van der Waals surface area contributed by atoms with Crippen LogP contribution < -0.4 is 0 Å². The zero-order valence-corrected chi connectivity index (χ0v) is 11.3. The average Bonchev–Trinajstić information content (AvgIpc) is 2.81. The lowest BCUT2D eigenvalue weighted by Gasteiger charge is -2.03. The van der Waals surface area contributed by atoms with E-state index in [0.29, 0.717) is 0 Å². The molecule has 0 atom stereocenters. The van der Waals surface area contributed by atoms with Crippen LogP contribution in [0.5, 0.6) is 0 Å². The highest BCUT2D eigenvalue weighted by molar-refractivity contribution is 5.61. The van der Waals surface area contributed by atoms with Crippen molar-refractivity contribution in [3.63, 3.8) is 0 Å². The average molecular weight is 230 g/mol. The molecule has 0 fully saturated rings. The lowest BCUT2D eigenvalue weighted by molar-refractivity contribution is 0.662. The van der Waals surface area contributed by atoms with Gasteiger partial charge in [0, 0.05) is 11.8 Å². The minimum Gasteiger partial charge on any atom is -0.268 e. The molecule has 92 valence electrons. The molecule has 0 amide bonds. The van der Waals surface area contributed by atoms with Crippen molar-refractivity contribution >= 4 is 5.57 Å². The maximum absolute atomic E-state index is 4.39. The van der Waals surface area contributed by atoms with Crippen molar-refractivity contribution in [2.75, 3.05) is 0 Å². The molecule has 0 spiro atoms. The SMILES string of the molecule is C/C=C\C=C(/CC)Cn1cc(/C(C)=C/C)cn1. The van der Waals surface area contributed by atoms with Gasteiger partial charge in [-0.05, 0) is 38.3 Å². The van der Waals surface area contributed by atoms with Gasteiger partial charge >= 0.3 is 0 Å². The first-order chi connectivity index (χ1) is 8.21. The van der Waals surface area contributed by atoms with Crippen molar-refractivity contribution in [1.82, 2.24) is 9.78 Å². The fourth-order valence-corrected chi connectivity index (χ4v) is 1.54. The van der Waals surface area contributed by atoms with Crippen LogP contribution in [0.2, 0.25) is 0 Å². The fraction of sp³-hybridized carbons (Fsp3) is 0.400. The Hall–Kier alpha value is -1.57. The summed E-state index contributed by atoms with van der Waals surface area (Å²) in [5.41, 5.74) is 3.86. The van der Waals surface area contributed by atoms with Crippen molar-refractivity contribution in [2.45, 2.75) is 40.7 Å². The van der Waals surface area contributed by atoms with Gasteiger partial charge in [0.1, 0.15) is 0 Å². The minimum absolute atomic E-state index is 0.873. The van der Waals surface area contributed by atoms with Gasteiger partial charge in [-0.3, -0.25) is 4.68 Å². The van der Waals surface area contributed by atoms with Gasteiger partial charge in [-0.2, -0.15) is 5.10 Å². The molecule has 0 aliphatic carbocycles. The summed E-state index contributed by atoms with van der Waals surface area (Å²) < 4.78 is 2.00. The largest absolute Gasteiger partial charge is 0.268 e. The molecule has 2 nitrogen and oxygen atoms in total. The standard InChI is InChI=1S/C15H22N2/c1-5-8-9-14(7-3)11-17-12-15(10-16-17)13(4)6-2/h5-6,8-10,12H,7,11H2,1-4H3/b8-5-,13-6+,14-9+.